The van der Waals surface area contributed by atoms with Crippen molar-refractivity contribution in [2.45, 2.75) is 30.5 Å². The van der Waals surface area contributed by atoms with Gasteiger partial charge in [0.2, 0.25) is 0 Å². The van der Waals surface area contributed by atoms with Crippen LogP contribution in [0.15, 0.2) is 60.8 Å². The van der Waals surface area contributed by atoms with Gasteiger partial charge in [-0.2, -0.15) is 0 Å². The van der Waals surface area contributed by atoms with Gasteiger partial charge in [0.15, 0.2) is 0 Å². The molecule has 1 heterocycles. The van der Waals surface area contributed by atoms with Crippen LogP contribution in [0.5, 0.6) is 0 Å². The van der Waals surface area contributed by atoms with E-state index in [1.165, 1.54) is 18.2 Å². The summed E-state index contributed by atoms with van der Waals surface area (Å²) < 4.78 is 56.4. The van der Waals surface area contributed by atoms with Crippen LogP contribution < -0.4 is 4.40 Å². The molecule has 0 aliphatic carbocycles. The Balaban J connectivity index is 2.26. The number of rotatable bonds is 4. The van der Waals surface area contributed by atoms with E-state index in [1.54, 1.807) is 36.5 Å². The molecule has 2 aromatic carbocycles. The minimum atomic E-state index is -2.58. The second-order valence-corrected chi connectivity index (χ2v) is 17.6. The van der Waals surface area contributed by atoms with E-state index < -0.39 is 32.3 Å². The van der Waals surface area contributed by atoms with Gasteiger partial charge in [0.1, 0.15) is 0 Å². The van der Waals surface area contributed by atoms with Crippen LogP contribution in [0.4, 0.5) is 4.39 Å². The Kier molecular flexibility index (Phi) is 3.54. The molecule has 0 spiro atoms. The van der Waals surface area contributed by atoms with E-state index in [2.05, 4.69) is 22.3 Å². The summed E-state index contributed by atoms with van der Waals surface area (Å²) in [5.41, 5.74) is 0.883. The summed E-state index contributed by atoms with van der Waals surface area (Å²) >= 11 is -2.54. The standard InChI is InChI=1S/C22H24FGeN/c1-16-9-8-12-19(22(16)23)21-14-18(13-17-10-6-5-7-11-17)20(15-25-21)24(2,3)4/h5-12,14-15H,13H2,1-4H3/i1D3,13D2. The first-order valence-corrected chi connectivity index (χ1v) is 15.5. The Morgan fingerprint density at radius 2 is 1.84 bits per heavy atom. The minimum absolute atomic E-state index is 0.0571. The molecular formula is C22H24FGeN. The number of aryl methyl sites for hydroxylation is 1. The number of hydrogen-bond donors (Lipinski definition) is 0. The summed E-state index contributed by atoms with van der Waals surface area (Å²) in [5.74, 6) is 5.60. The molecular weight excluding hydrogens is 370 g/mol. The molecule has 0 saturated heterocycles. The number of nitrogens with zero attached hydrogens (tertiary/aromatic N) is 1. The number of aromatic nitrogens is 1. The molecule has 25 heavy (non-hydrogen) atoms. The first-order chi connectivity index (χ1) is 13.8. The first-order valence-electron chi connectivity index (χ1n) is 10.7. The average molecular weight is 399 g/mol. The normalized spacial score (nSPS) is 15.6. The summed E-state index contributed by atoms with van der Waals surface area (Å²) in [4.78, 5) is 4.42. The fourth-order valence-corrected chi connectivity index (χ4v) is 5.64. The van der Waals surface area contributed by atoms with Crippen molar-refractivity contribution in [3.05, 3.63) is 83.3 Å². The molecule has 0 aliphatic rings. The zero-order valence-electron chi connectivity index (χ0n) is 19.6. The van der Waals surface area contributed by atoms with Crippen LogP contribution in [0.1, 0.15) is 23.5 Å². The van der Waals surface area contributed by atoms with Crippen LogP contribution in [-0.2, 0) is 6.37 Å². The molecule has 0 N–H and O–H groups in total. The van der Waals surface area contributed by atoms with Crippen molar-refractivity contribution >= 4 is 17.7 Å². The first kappa shape index (κ1) is 12.4. The average Bonchev–Trinajstić information content (AvgIpc) is 2.67. The van der Waals surface area contributed by atoms with Crippen molar-refractivity contribution in [2.75, 3.05) is 0 Å². The summed E-state index contributed by atoms with van der Waals surface area (Å²) in [6.45, 7) is -2.58. The Hall–Kier alpha value is -1.94. The fraction of sp³-hybridized carbons (Fsp3) is 0.227. The van der Waals surface area contributed by atoms with E-state index >= 15 is 4.39 Å². The van der Waals surface area contributed by atoms with Gasteiger partial charge in [-0.1, -0.05) is 0 Å². The Bertz CT molecular complexity index is 1060. The third-order valence-corrected chi connectivity index (χ3v) is 8.27. The Labute approximate surface area is 159 Å². The van der Waals surface area contributed by atoms with Gasteiger partial charge >= 0.3 is 159 Å². The number of hydrogen-bond acceptors (Lipinski definition) is 1. The third kappa shape index (κ3) is 4.01. The van der Waals surface area contributed by atoms with Crippen LogP contribution in [-0.4, -0.2) is 18.3 Å². The van der Waals surface area contributed by atoms with Crippen molar-refractivity contribution in [2.24, 2.45) is 0 Å². The molecule has 0 atom stereocenters. The second kappa shape index (κ2) is 7.13. The van der Waals surface area contributed by atoms with Gasteiger partial charge < -0.3 is 0 Å². The molecule has 1 nitrogen and oxygen atoms in total. The molecule has 0 unspecified atom stereocenters. The van der Waals surface area contributed by atoms with Crippen molar-refractivity contribution in [1.29, 1.82) is 0 Å². The van der Waals surface area contributed by atoms with Crippen molar-refractivity contribution in [3.63, 3.8) is 0 Å². The van der Waals surface area contributed by atoms with Gasteiger partial charge in [-0.05, 0) is 0 Å². The summed E-state index contributed by atoms with van der Waals surface area (Å²) in [7, 11) is 0. The van der Waals surface area contributed by atoms with Crippen molar-refractivity contribution < 1.29 is 11.2 Å². The molecule has 3 aromatic rings. The SMILES string of the molecule is [2H]C([2H])([2H])c1cccc(-c2cc(C([2H])([2H])c3ccccc3)[c]([Ge]([CH3])([CH3])[CH3])cn2)c1F. The predicted octanol–water partition coefficient (Wildman–Crippen LogP) is 5.33. The second-order valence-electron chi connectivity index (χ2n) is 7.02. The number of pyridine rings is 1. The van der Waals surface area contributed by atoms with E-state index in [0.29, 0.717) is 11.1 Å². The quantitative estimate of drug-likeness (QED) is 0.541. The molecule has 1 aromatic heterocycles. The van der Waals surface area contributed by atoms with Gasteiger partial charge in [0.05, 0.1) is 0 Å². The topological polar surface area (TPSA) is 12.9 Å². The summed E-state index contributed by atoms with van der Waals surface area (Å²) in [6, 6.07) is 14.7. The number of halogens is 1. The van der Waals surface area contributed by atoms with Crippen molar-refractivity contribution in [3.8, 4) is 11.3 Å². The molecule has 0 radical (unpaired) electrons. The molecule has 3 heteroatoms. The molecule has 3 rings (SSSR count). The Morgan fingerprint density at radius 3 is 2.52 bits per heavy atom. The van der Waals surface area contributed by atoms with Crippen LogP contribution in [0.25, 0.3) is 11.3 Å². The molecule has 0 saturated carbocycles. The monoisotopic (exact) mass is 400 g/mol. The predicted molar refractivity (Wildman–Crippen MR) is 107 cm³/mol. The molecule has 0 aliphatic heterocycles. The van der Waals surface area contributed by atoms with Crippen LogP contribution >= 0.6 is 0 Å². The zero-order chi connectivity index (χ0) is 22.3. The summed E-state index contributed by atoms with van der Waals surface area (Å²) in [5, 5.41) is 0. The summed E-state index contributed by atoms with van der Waals surface area (Å²) in [6.07, 6.45) is -0.155. The maximum absolute atomic E-state index is 15.1. The van der Waals surface area contributed by atoms with Crippen LogP contribution in [0.2, 0.25) is 17.3 Å². The molecule has 0 bridgehead atoms. The van der Waals surface area contributed by atoms with Gasteiger partial charge in [0, 0.05) is 0 Å². The fourth-order valence-electron chi connectivity index (χ4n) is 2.71. The molecule has 128 valence electrons. The van der Waals surface area contributed by atoms with E-state index in [4.69, 9.17) is 6.85 Å². The van der Waals surface area contributed by atoms with Gasteiger partial charge in [-0.15, -0.1) is 0 Å². The third-order valence-electron chi connectivity index (χ3n) is 4.04. The van der Waals surface area contributed by atoms with Gasteiger partial charge in [0.25, 0.3) is 0 Å². The van der Waals surface area contributed by atoms with E-state index in [9.17, 15) is 0 Å². The van der Waals surface area contributed by atoms with E-state index in [1.807, 2.05) is 6.07 Å². The zero-order valence-corrected chi connectivity index (χ0v) is 16.7. The molecule has 0 amide bonds. The maximum atomic E-state index is 15.1. The van der Waals surface area contributed by atoms with Crippen LogP contribution in [0.3, 0.4) is 0 Å². The van der Waals surface area contributed by atoms with E-state index in [0.717, 1.165) is 4.40 Å². The van der Waals surface area contributed by atoms with E-state index in [-0.39, 0.29) is 16.8 Å². The van der Waals surface area contributed by atoms with Gasteiger partial charge in [-0.3, -0.25) is 0 Å². The molecule has 0 fully saturated rings. The van der Waals surface area contributed by atoms with Gasteiger partial charge in [-0.25, -0.2) is 0 Å². The van der Waals surface area contributed by atoms with Crippen molar-refractivity contribution in [1.82, 2.24) is 4.98 Å². The Morgan fingerprint density at radius 1 is 1.08 bits per heavy atom. The van der Waals surface area contributed by atoms with Crippen LogP contribution in [0, 0.1) is 12.7 Å². The number of benzene rings is 2.